The second-order valence-electron chi connectivity index (χ2n) is 5.46. The maximum Gasteiger partial charge on any atom is 0.0942 e. The molecule has 1 aromatic carbocycles. The average Bonchev–Trinajstić information content (AvgIpc) is 2.45. The Morgan fingerprint density at radius 3 is 2.74 bits per heavy atom. The van der Waals surface area contributed by atoms with Crippen molar-refractivity contribution in [2.24, 2.45) is 5.92 Å². The van der Waals surface area contributed by atoms with E-state index in [1.165, 1.54) is 18.5 Å². The first-order valence-corrected chi connectivity index (χ1v) is 7.07. The van der Waals surface area contributed by atoms with Crippen LogP contribution in [0, 0.1) is 5.92 Å². The molecule has 0 aliphatic carbocycles. The van der Waals surface area contributed by atoms with Gasteiger partial charge < -0.3 is 20.4 Å². The van der Waals surface area contributed by atoms with Gasteiger partial charge in [-0.05, 0) is 43.0 Å². The molecule has 106 valence electrons. The minimum Gasteiger partial charge on any atom is -0.394 e. The summed E-state index contributed by atoms with van der Waals surface area (Å²) in [6, 6.07) is 8.29. The molecular formula is C15H24N2O2. The van der Waals surface area contributed by atoms with Crippen LogP contribution in [0.1, 0.15) is 19.8 Å². The molecule has 4 nitrogen and oxygen atoms in total. The molecule has 0 amide bonds. The zero-order chi connectivity index (χ0) is 13.7. The van der Waals surface area contributed by atoms with Gasteiger partial charge in [-0.3, -0.25) is 0 Å². The van der Waals surface area contributed by atoms with Gasteiger partial charge in [-0.15, -0.1) is 0 Å². The van der Waals surface area contributed by atoms with Gasteiger partial charge in [0.15, 0.2) is 0 Å². The molecule has 0 radical (unpaired) electrons. The molecule has 19 heavy (non-hydrogen) atoms. The number of nitrogens with zero attached hydrogens (tertiary/aromatic N) is 1. The SMILES string of the molecule is CC1CCCN(c2ccc(NCC(O)CO)cc2)C1. The molecule has 0 aromatic heterocycles. The van der Waals surface area contributed by atoms with E-state index >= 15 is 0 Å². The lowest BCUT2D eigenvalue weighted by Crippen LogP contribution is -2.34. The second kappa shape index (κ2) is 6.78. The summed E-state index contributed by atoms with van der Waals surface area (Å²) in [5, 5.41) is 21.1. The highest BCUT2D eigenvalue weighted by Gasteiger charge is 2.16. The van der Waals surface area contributed by atoms with E-state index in [1.54, 1.807) is 0 Å². The Morgan fingerprint density at radius 2 is 2.11 bits per heavy atom. The number of hydrogen-bond donors (Lipinski definition) is 3. The standard InChI is InChI=1S/C15H24N2O2/c1-12-3-2-8-17(10-12)14-6-4-13(5-7-14)16-9-15(19)11-18/h4-7,12,15-16,18-19H,2-3,8-11H2,1H3. The quantitative estimate of drug-likeness (QED) is 0.757. The summed E-state index contributed by atoms with van der Waals surface area (Å²) in [4.78, 5) is 2.43. The maximum absolute atomic E-state index is 9.29. The summed E-state index contributed by atoms with van der Waals surface area (Å²) in [7, 11) is 0. The highest BCUT2D eigenvalue weighted by Crippen LogP contribution is 2.24. The number of aliphatic hydroxyl groups excluding tert-OH is 2. The van der Waals surface area contributed by atoms with Gasteiger partial charge in [-0.25, -0.2) is 0 Å². The van der Waals surface area contributed by atoms with Crippen LogP contribution in [0.2, 0.25) is 0 Å². The normalized spacial score (nSPS) is 21.2. The summed E-state index contributed by atoms with van der Waals surface area (Å²) in [6.07, 6.45) is 1.89. The summed E-state index contributed by atoms with van der Waals surface area (Å²) < 4.78 is 0. The van der Waals surface area contributed by atoms with Crippen LogP contribution >= 0.6 is 0 Å². The fourth-order valence-corrected chi connectivity index (χ4v) is 2.51. The van der Waals surface area contributed by atoms with Gasteiger partial charge in [0.05, 0.1) is 12.7 Å². The highest BCUT2D eigenvalue weighted by molar-refractivity contribution is 5.55. The molecule has 1 heterocycles. The van der Waals surface area contributed by atoms with Crippen LogP contribution < -0.4 is 10.2 Å². The second-order valence-corrected chi connectivity index (χ2v) is 5.46. The molecule has 2 atom stereocenters. The van der Waals surface area contributed by atoms with Crippen LogP contribution in [0.4, 0.5) is 11.4 Å². The minimum atomic E-state index is -0.706. The molecule has 3 N–H and O–H groups in total. The molecule has 2 unspecified atom stereocenters. The van der Waals surface area contributed by atoms with Gasteiger partial charge in [0, 0.05) is 31.0 Å². The van der Waals surface area contributed by atoms with Gasteiger partial charge in [-0.1, -0.05) is 6.92 Å². The van der Waals surface area contributed by atoms with Gasteiger partial charge in [0.2, 0.25) is 0 Å². The van der Waals surface area contributed by atoms with E-state index < -0.39 is 6.10 Å². The van der Waals surface area contributed by atoms with Crippen LogP contribution in [0.25, 0.3) is 0 Å². The lowest BCUT2D eigenvalue weighted by Gasteiger charge is -2.32. The van der Waals surface area contributed by atoms with Crippen molar-refractivity contribution in [1.29, 1.82) is 0 Å². The number of anilines is 2. The van der Waals surface area contributed by atoms with Crippen LogP contribution in [-0.2, 0) is 0 Å². The van der Waals surface area contributed by atoms with E-state index in [4.69, 9.17) is 5.11 Å². The number of rotatable bonds is 5. The van der Waals surface area contributed by atoms with E-state index in [1.807, 2.05) is 12.1 Å². The molecule has 1 fully saturated rings. The van der Waals surface area contributed by atoms with Gasteiger partial charge in [0.1, 0.15) is 0 Å². The summed E-state index contributed by atoms with van der Waals surface area (Å²) in [6.45, 7) is 4.74. The first-order chi connectivity index (χ1) is 9.19. The van der Waals surface area contributed by atoms with Crippen molar-refractivity contribution in [2.75, 3.05) is 36.5 Å². The first kappa shape index (κ1) is 14.2. The first-order valence-electron chi connectivity index (χ1n) is 7.07. The number of nitrogens with one attached hydrogen (secondary N) is 1. The summed E-state index contributed by atoms with van der Waals surface area (Å²) >= 11 is 0. The van der Waals surface area contributed by atoms with Crippen LogP contribution in [-0.4, -0.2) is 42.6 Å². The molecule has 1 aromatic rings. The third kappa shape index (κ3) is 4.11. The molecule has 2 rings (SSSR count). The Morgan fingerprint density at radius 1 is 1.37 bits per heavy atom. The van der Waals surface area contributed by atoms with Crippen molar-refractivity contribution in [3.63, 3.8) is 0 Å². The maximum atomic E-state index is 9.29. The number of aliphatic hydroxyl groups is 2. The Balaban J connectivity index is 1.90. The van der Waals surface area contributed by atoms with E-state index in [2.05, 4.69) is 29.3 Å². The molecule has 1 saturated heterocycles. The topological polar surface area (TPSA) is 55.7 Å². The Kier molecular flexibility index (Phi) is 5.05. The van der Waals surface area contributed by atoms with Crippen molar-refractivity contribution >= 4 is 11.4 Å². The van der Waals surface area contributed by atoms with Crippen LogP contribution in [0.5, 0.6) is 0 Å². The van der Waals surface area contributed by atoms with Gasteiger partial charge in [0.25, 0.3) is 0 Å². The molecule has 4 heteroatoms. The average molecular weight is 264 g/mol. The predicted molar refractivity (Wildman–Crippen MR) is 78.6 cm³/mol. The zero-order valence-electron chi connectivity index (χ0n) is 11.5. The molecule has 1 aliphatic heterocycles. The van der Waals surface area contributed by atoms with Crippen molar-refractivity contribution in [3.05, 3.63) is 24.3 Å². The smallest absolute Gasteiger partial charge is 0.0942 e. The van der Waals surface area contributed by atoms with Crippen molar-refractivity contribution in [2.45, 2.75) is 25.9 Å². The molecular weight excluding hydrogens is 240 g/mol. The lowest BCUT2D eigenvalue weighted by atomic mass is 10.00. The van der Waals surface area contributed by atoms with Crippen LogP contribution in [0.15, 0.2) is 24.3 Å². The summed E-state index contributed by atoms with van der Waals surface area (Å²) in [5.74, 6) is 0.770. The molecule has 0 bridgehead atoms. The van der Waals surface area contributed by atoms with Gasteiger partial charge in [-0.2, -0.15) is 0 Å². The Labute approximate surface area is 115 Å². The zero-order valence-corrected chi connectivity index (χ0v) is 11.5. The highest BCUT2D eigenvalue weighted by atomic mass is 16.3. The van der Waals surface area contributed by atoms with Crippen molar-refractivity contribution in [3.8, 4) is 0 Å². The Bertz CT molecular complexity index is 380. The largest absolute Gasteiger partial charge is 0.394 e. The van der Waals surface area contributed by atoms with E-state index in [9.17, 15) is 5.11 Å². The third-order valence-electron chi connectivity index (χ3n) is 3.64. The molecule has 0 spiro atoms. The number of piperidine rings is 1. The molecule has 1 aliphatic rings. The lowest BCUT2D eigenvalue weighted by molar-refractivity contribution is 0.105. The number of hydrogen-bond acceptors (Lipinski definition) is 4. The van der Waals surface area contributed by atoms with E-state index in [0.717, 1.165) is 24.7 Å². The summed E-state index contributed by atoms with van der Waals surface area (Å²) in [5.41, 5.74) is 2.24. The minimum absolute atomic E-state index is 0.212. The predicted octanol–water partition coefficient (Wildman–Crippen LogP) is 1.69. The Hall–Kier alpha value is -1.26. The fourth-order valence-electron chi connectivity index (χ4n) is 2.51. The van der Waals surface area contributed by atoms with Crippen molar-refractivity contribution in [1.82, 2.24) is 0 Å². The van der Waals surface area contributed by atoms with E-state index in [-0.39, 0.29) is 6.61 Å². The van der Waals surface area contributed by atoms with E-state index in [0.29, 0.717) is 6.54 Å². The van der Waals surface area contributed by atoms with Crippen molar-refractivity contribution < 1.29 is 10.2 Å². The monoisotopic (exact) mass is 264 g/mol. The molecule has 0 saturated carbocycles. The van der Waals surface area contributed by atoms with Gasteiger partial charge >= 0.3 is 0 Å². The fraction of sp³-hybridized carbons (Fsp3) is 0.600. The van der Waals surface area contributed by atoms with Crippen LogP contribution in [0.3, 0.4) is 0 Å². The third-order valence-corrected chi connectivity index (χ3v) is 3.64. The number of benzene rings is 1.